The lowest BCUT2D eigenvalue weighted by Crippen LogP contribution is -2.13. The molecule has 0 fully saturated rings. The first kappa shape index (κ1) is 12.7. The van der Waals surface area contributed by atoms with E-state index in [1.54, 1.807) is 12.1 Å². The molecule has 3 N–H and O–H groups in total. The highest BCUT2D eigenvalue weighted by Gasteiger charge is 2.17. The predicted octanol–water partition coefficient (Wildman–Crippen LogP) is 2.12. The number of nitrogens with one attached hydrogen (secondary N) is 1. The Bertz CT molecular complexity index is 659. The maximum Gasteiger partial charge on any atom is 0.263 e. The quantitative estimate of drug-likeness (QED) is 0.845. The molecule has 18 heavy (non-hydrogen) atoms. The molecule has 5 nitrogen and oxygen atoms in total. The van der Waals surface area contributed by atoms with Crippen molar-refractivity contribution in [1.82, 2.24) is 4.98 Å². The van der Waals surface area contributed by atoms with Crippen molar-refractivity contribution in [3.63, 3.8) is 0 Å². The van der Waals surface area contributed by atoms with Crippen LogP contribution >= 0.6 is 11.6 Å². The molecule has 0 aliphatic carbocycles. The molecule has 7 heteroatoms. The Morgan fingerprint density at radius 3 is 2.44 bits per heavy atom. The van der Waals surface area contributed by atoms with Gasteiger partial charge in [0.15, 0.2) is 0 Å². The normalized spacial score (nSPS) is 11.2. The molecule has 0 saturated heterocycles. The minimum atomic E-state index is -3.73. The van der Waals surface area contributed by atoms with E-state index < -0.39 is 10.0 Å². The summed E-state index contributed by atoms with van der Waals surface area (Å²) in [5.41, 5.74) is 6.34. The lowest BCUT2D eigenvalue weighted by Gasteiger charge is -2.09. The SMILES string of the molecule is Nc1ccc(S(=O)(=O)Nc2ccncc2)c(Cl)c1. The van der Waals surface area contributed by atoms with Crippen molar-refractivity contribution in [3.05, 3.63) is 47.7 Å². The molecule has 2 aromatic rings. The number of benzene rings is 1. The van der Waals surface area contributed by atoms with E-state index >= 15 is 0 Å². The van der Waals surface area contributed by atoms with E-state index in [4.69, 9.17) is 17.3 Å². The van der Waals surface area contributed by atoms with E-state index in [9.17, 15) is 8.42 Å². The zero-order valence-corrected chi connectivity index (χ0v) is 10.7. The van der Waals surface area contributed by atoms with Gasteiger partial charge in [0, 0.05) is 18.1 Å². The maximum atomic E-state index is 12.1. The number of rotatable bonds is 3. The second kappa shape index (κ2) is 4.83. The summed E-state index contributed by atoms with van der Waals surface area (Å²) in [5, 5.41) is 0.0801. The molecule has 0 aliphatic rings. The second-order valence-electron chi connectivity index (χ2n) is 3.53. The maximum absolute atomic E-state index is 12.1. The number of nitrogens with two attached hydrogens (primary N) is 1. The molecule has 2 rings (SSSR count). The zero-order valence-electron chi connectivity index (χ0n) is 9.17. The average Bonchev–Trinajstić information content (AvgIpc) is 2.29. The van der Waals surface area contributed by atoms with Crippen LogP contribution in [0.15, 0.2) is 47.6 Å². The molecule has 1 aromatic heterocycles. The fourth-order valence-corrected chi connectivity index (χ4v) is 2.98. The predicted molar refractivity (Wildman–Crippen MR) is 70.9 cm³/mol. The number of nitrogens with zero attached hydrogens (tertiary/aromatic N) is 1. The summed E-state index contributed by atoms with van der Waals surface area (Å²) in [6, 6.07) is 7.32. The highest BCUT2D eigenvalue weighted by molar-refractivity contribution is 7.92. The van der Waals surface area contributed by atoms with E-state index in [2.05, 4.69) is 9.71 Å². The second-order valence-corrected chi connectivity index (χ2v) is 5.59. The third-order valence-electron chi connectivity index (χ3n) is 2.18. The molecule has 0 atom stereocenters. The molecular formula is C11H10ClN3O2S. The van der Waals surface area contributed by atoms with E-state index in [1.807, 2.05) is 0 Å². The Kier molecular flexibility index (Phi) is 3.40. The third kappa shape index (κ3) is 2.72. The molecule has 0 saturated carbocycles. The van der Waals surface area contributed by atoms with Crippen molar-refractivity contribution < 1.29 is 8.42 Å². The lowest BCUT2D eigenvalue weighted by molar-refractivity contribution is 0.601. The number of sulfonamides is 1. The summed E-state index contributed by atoms with van der Waals surface area (Å²) in [4.78, 5) is 3.78. The van der Waals surface area contributed by atoms with Gasteiger partial charge in [-0.05, 0) is 30.3 Å². The average molecular weight is 284 g/mol. The van der Waals surface area contributed by atoms with Gasteiger partial charge in [-0.1, -0.05) is 11.6 Å². The fourth-order valence-electron chi connectivity index (χ4n) is 1.37. The van der Waals surface area contributed by atoms with Crippen LogP contribution in [0.2, 0.25) is 5.02 Å². The molecule has 1 heterocycles. The number of halogens is 1. The van der Waals surface area contributed by atoms with Crippen LogP contribution in [0.25, 0.3) is 0 Å². The van der Waals surface area contributed by atoms with Gasteiger partial charge in [0.05, 0.1) is 10.7 Å². The van der Waals surface area contributed by atoms with E-state index in [0.717, 1.165) is 0 Å². The van der Waals surface area contributed by atoms with Crippen LogP contribution < -0.4 is 10.5 Å². The van der Waals surface area contributed by atoms with Crippen molar-refractivity contribution in [2.24, 2.45) is 0 Å². The molecule has 94 valence electrons. The lowest BCUT2D eigenvalue weighted by atomic mass is 10.3. The topological polar surface area (TPSA) is 85.1 Å². The minimum Gasteiger partial charge on any atom is -0.399 e. The van der Waals surface area contributed by atoms with Gasteiger partial charge in [-0.3, -0.25) is 9.71 Å². The Hall–Kier alpha value is -1.79. The summed E-state index contributed by atoms with van der Waals surface area (Å²) in [5.74, 6) is 0. The van der Waals surface area contributed by atoms with Crippen LogP contribution in [-0.4, -0.2) is 13.4 Å². The largest absolute Gasteiger partial charge is 0.399 e. The van der Waals surface area contributed by atoms with Crippen LogP contribution in [0.3, 0.4) is 0 Å². The molecule has 0 radical (unpaired) electrons. The third-order valence-corrected chi connectivity index (χ3v) is 4.04. The standard InChI is InChI=1S/C11H10ClN3O2S/c12-10-7-8(13)1-2-11(10)18(16,17)15-9-3-5-14-6-4-9/h1-7H,13H2,(H,14,15). The van der Waals surface area contributed by atoms with Crippen molar-refractivity contribution in [2.45, 2.75) is 4.90 Å². The molecule has 1 aromatic carbocycles. The Balaban J connectivity index is 2.37. The Morgan fingerprint density at radius 1 is 1.17 bits per heavy atom. The van der Waals surface area contributed by atoms with Gasteiger partial charge in [-0.15, -0.1) is 0 Å². The van der Waals surface area contributed by atoms with Gasteiger partial charge in [0.25, 0.3) is 10.0 Å². The van der Waals surface area contributed by atoms with Gasteiger partial charge in [-0.25, -0.2) is 8.42 Å². The Morgan fingerprint density at radius 2 is 1.83 bits per heavy atom. The minimum absolute atomic E-state index is 0.0184. The monoisotopic (exact) mass is 283 g/mol. The summed E-state index contributed by atoms with van der Waals surface area (Å²) >= 11 is 5.87. The van der Waals surface area contributed by atoms with Crippen molar-refractivity contribution in [2.75, 3.05) is 10.5 Å². The smallest absolute Gasteiger partial charge is 0.263 e. The van der Waals surface area contributed by atoms with Crippen molar-refractivity contribution >= 4 is 33.0 Å². The van der Waals surface area contributed by atoms with Crippen molar-refractivity contribution in [1.29, 1.82) is 0 Å². The summed E-state index contributed by atoms with van der Waals surface area (Å²) in [6.07, 6.45) is 2.98. The number of hydrogen-bond donors (Lipinski definition) is 2. The number of pyridine rings is 1. The highest BCUT2D eigenvalue weighted by atomic mass is 35.5. The first-order chi connectivity index (χ1) is 8.49. The number of hydrogen-bond acceptors (Lipinski definition) is 4. The number of aromatic nitrogens is 1. The fraction of sp³-hybridized carbons (Fsp3) is 0. The summed E-state index contributed by atoms with van der Waals surface area (Å²) < 4.78 is 26.6. The van der Waals surface area contributed by atoms with Gasteiger partial charge >= 0.3 is 0 Å². The highest BCUT2D eigenvalue weighted by Crippen LogP contribution is 2.25. The zero-order chi connectivity index (χ0) is 13.2. The molecule has 0 spiro atoms. The summed E-state index contributed by atoms with van der Waals surface area (Å²) in [6.45, 7) is 0. The molecular weight excluding hydrogens is 274 g/mol. The van der Waals surface area contributed by atoms with E-state index in [-0.39, 0.29) is 9.92 Å². The van der Waals surface area contributed by atoms with Crippen LogP contribution in [0, 0.1) is 0 Å². The Labute approximate surface area is 110 Å². The first-order valence-corrected chi connectivity index (χ1v) is 6.83. The van der Waals surface area contributed by atoms with Gasteiger partial charge in [0.2, 0.25) is 0 Å². The van der Waals surface area contributed by atoms with Gasteiger partial charge < -0.3 is 5.73 Å². The van der Waals surface area contributed by atoms with E-state index in [0.29, 0.717) is 11.4 Å². The van der Waals surface area contributed by atoms with Gasteiger partial charge in [0.1, 0.15) is 4.90 Å². The molecule has 0 amide bonds. The molecule has 0 unspecified atom stereocenters. The van der Waals surface area contributed by atoms with E-state index in [1.165, 1.54) is 30.6 Å². The molecule has 0 aliphatic heterocycles. The number of anilines is 2. The van der Waals surface area contributed by atoms with Crippen molar-refractivity contribution in [3.8, 4) is 0 Å². The van der Waals surface area contributed by atoms with Crippen LogP contribution in [0.5, 0.6) is 0 Å². The van der Waals surface area contributed by atoms with Gasteiger partial charge in [-0.2, -0.15) is 0 Å². The van der Waals surface area contributed by atoms with Crippen LogP contribution in [-0.2, 0) is 10.0 Å². The first-order valence-electron chi connectivity index (χ1n) is 4.97. The number of nitrogen functional groups attached to an aromatic ring is 1. The van der Waals surface area contributed by atoms with Crippen LogP contribution in [0.1, 0.15) is 0 Å². The summed E-state index contributed by atoms with van der Waals surface area (Å²) in [7, 11) is -3.73. The van der Waals surface area contributed by atoms with Crippen LogP contribution in [0.4, 0.5) is 11.4 Å². The molecule has 0 bridgehead atoms.